The molecule has 1 N–H and O–H groups in total. The molecule has 4 unspecified atom stereocenters. The Kier molecular flexibility index (Phi) is 2.17. The molecule has 3 aliphatic carbocycles. The first-order chi connectivity index (χ1) is 7.89. The van der Waals surface area contributed by atoms with Crippen LogP contribution in [0.15, 0.2) is 11.1 Å². The summed E-state index contributed by atoms with van der Waals surface area (Å²) in [5.41, 5.74) is 2.69. The molecule has 2 nitrogen and oxygen atoms in total. The van der Waals surface area contributed by atoms with Crippen LogP contribution in [0, 0.1) is 22.7 Å². The maximum atomic E-state index is 11.8. The van der Waals surface area contributed by atoms with Gasteiger partial charge in [0.25, 0.3) is 0 Å². The molecule has 4 atom stereocenters. The molecule has 3 rings (SSSR count). The quantitative estimate of drug-likeness (QED) is 0.757. The zero-order valence-corrected chi connectivity index (χ0v) is 11.0. The molecular formula is C15H22O2. The summed E-state index contributed by atoms with van der Waals surface area (Å²) >= 11 is 0. The summed E-state index contributed by atoms with van der Waals surface area (Å²) in [4.78, 5) is 11.8. The molecule has 0 aliphatic heterocycles. The van der Waals surface area contributed by atoms with Crippen molar-refractivity contribution in [2.24, 2.45) is 22.7 Å². The number of rotatable bonds is 1. The minimum Gasteiger partial charge on any atom is -0.396 e. The molecule has 94 valence electrons. The van der Waals surface area contributed by atoms with Crippen molar-refractivity contribution in [1.82, 2.24) is 0 Å². The van der Waals surface area contributed by atoms with Gasteiger partial charge in [0.1, 0.15) is 0 Å². The Morgan fingerprint density at radius 2 is 2.06 bits per heavy atom. The summed E-state index contributed by atoms with van der Waals surface area (Å²) in [6, 6.07) is 0. The van der Waals surface area contributed by atoms with Crippen LogP contribution in [0.4, 0.5) is 0 Å². The van der Waals surface area contributed by atoms with Crippen LogP contribution in [0.1, 0.15) is 46.5 Å². The van der Waals surface area contributed by atoms with Gasteiger partial charge in [0.15, 0.2) is 5.78 Å². The van der Waals surface area contributed by atoms with Gasteiger partial charge < -0.3 is 5.11 Å². The van der Waals surface area contributed by atoms with E-state index >= 15 is 0 Å². The lowest BCUT2D eigenvalue weighted by Gasteiger charge is -2.51. The molecule has 2 saturated carbocycles. The lowest BCUT2D eigenvalue weighted by Crippen LogP contribution is -2.49. The number of allylic oxidation sites excluding steroid dienone is 2. The third kappa shape index (κ3) is 1.33. The Hall–Kier alpha value is -0.630. The van der Waals surface area contributed by atoms with Crippen molar-refractivity contribution in [3.05, 3.63) is 11.1 Å². The van der Waals surface area contributed by atoms with Crippen LogP contribution in [0.25, 0.3) is 0 Å². The fourth-order valence-electron chi connectivity index (χ4n) is 4.90. The van der Waals surface area contributed by atoms with Crippen LogP contribution in [0.5, 0.6) is 0 Å². The number of ketones is 1. The van der Waals surface area contributed by atoms with Gasteiger partial charge >= 0.3 is 0 Å². The predicted octanol–water partition coefficient (Wildman–Crippen LogP) is 2.71. The van der Waals surface area contributed by atoms with E-state index in [0.717, 1.165) is 31.3 Å². The molecule has 2 fully saturated rings. The van der Waals surface area contributed by atoms with Crippen molar-refractivity contribution in [2.45, 2.75) is 46.5 Å². The van der Waals surface area contributed by atoms with E-state index in [-0.39, 0.29) is 10.8 Å². The number of hydrogen-bond acceptors (Lipinski definition) is 2. The molecule has 2 heteroatoms. The van der Waals surface area contributed by atoms with Gasteiger partial charge in [0.2, 0.25) is 0 Å². The summed E-state index contributed by atoms with van der Waals surface area (Å²) in [7, 11) is 0. The standard InChI is InChI=1S/C15H22O2/c1-9-4-10-5-14(2,8-16)6-11(10)15(3)7-12(17)13(9)15/h10-11,16H,4-8H2,1-3H3. The topological polar surface area (TPSA) is 37.3 Å². The van der Waals surface area contributed by atoms with E-state index in [1.165, 1.54) is 5.57 Å². The summed E-state index contributed by atoms with van der Waals surface area (Å²) < 4.78 is 0. The fraction of sp³-hybridized carbons (Fsp3) is 0.800. The molecule has 0 bridgehead atoms. The van der Waals surface area contributed by atoms with Gasteiger partial charge in [-0.3, -0.25) is 4.79 Å². The molecule has 0 heterocycles. The summed E-state index contributed by atoms with van der Waals surface area (Å²) in [5, 5.41) is 9.56. The van der Waals surface area contributed by atoms with E-state index in [0.29, 0.717) is 24.2 Å². The molecule has 0 radical (unpaired) electrons. The van der Waals surface area contributed by atoms with Gasteiger partial charge in [-0.15, -0.1) is 0 Å². The maximum absolute atomic E-state index is 11.8. The minimum atomic E-state index is 0.0900. The maximum Gasteiger partial charge on any atom is 0.160 e. The Morgan fingerprint density at radius 3 is 2.65 bits per heavy atom. The summed E-state index contributed by atoms with van der Waals surface area (Å²) in [6.45, 7) is 6.89. The number of carbonyl (C=O) groups is 1. The Bertz CT molecular complexity index is 423. The van der Waals surface area contributed by atoms with Crippen LogP contribution in [0.3, 0.4) is 0 Å². The lowest BCUT2D eigenvalue weighted by atomic mass is 9.51. The number of aliphatic hydroxyl groups excluding tert-OH is 1. The summed E-state index contributed by atoms with van der Waals surface area (Å²) in [5.74, 6) is 1.69. The van der Waals surface area contributed by atoms with Crippen LogP contribution < -0.4 is 0 Å². The second kappa shape index (κ2) is 3.23. The van der Waals surface area contributed by atoms with E-state index in [4.69, 9.17) is 0 Å². The van der Waals surface area contributed by atoms with Crippen molar-refractivity contribution in [1.29, 1.82) is 0 Å². The zero-order valence-electron chi connectivity index (χ0n) is 11.0. The Morgan fingerprint density at radius 1 is 1.35 bits per heavy atom. The highest BCUT2D eigenvalue weighted by molar-refractivity contribution is 6.05. The molecule has 17 heavy (non-hydrogen) atoms. The highest BCUT2D eigenvalue weighted by atomic mass is 16.3. The van der Waals surface area contributed by atoms with Crippen molar-refractivity contribution in [3.63, 3.8) is 0 Å². The van der Waals surface area contributed by atoms with Crippen molar-refractivity contribution >= 4 is 5.78 Å². The first-order valence-electron chi connectivity index (χ1n) is 6.74. The first-order valence-corrected chi connectivity index (χ1v) is 6.74. The van der Waals surface area contributed by atoms with Crippen molar-refractivity contribution in [3.8, 4) is 0 Å². The van der Waals surface area contributed by atoms with E-state index in [1.807, 2.05) is 0 Å². The van der Waals surface area contributed by atoms with Gasteiger partial charge in [-0.1, -0.05) is 19.4 Å². The molecule has 0 amide bonds. The minimum absolute atomic E-state index is 0.0900. The largest absolute Gasteiger partial charge is 0.396 e. The van der Waals surface area contributed by atoms with Gasteiger partial charge in [0.05, 0.1) is 0 Å². The van der Waals surface area contributed by atoms with Gasteiger partial charge in [-0.25, -0.2) is 0 Å². The second-order valence-corrected chi connectivity index (χ2v) is 7.12. The number of aliphatic hydroxyl groups is 1. The smallest absolute Gasteiger partial charge is 0.160 e. The molecule has 0 aromatic rings. The average Bonchev–Trinajstić information content (AvgIpc) is 2.55. The number of fused-ring (bicyclic) bond motifs is 3. The fourth-order valence-corrected chi connectivity index (χ4v) is 4.90. The monoisotopic (exact) mass is 234 g/mol. The zero-order chi connectivity index (χ0) is 12.4. The van der Waals surface area contributed by atoms with Gasteiger partial charge in [0, 0.05) is 24.0 Å². The van der Waals surface area contributed by atoms with E-state index in [9.17, 15) is 9.90 Å². The third-order valence-electron chi connectivity index (χ3n) is 5.61. The van der Waals surface area contributed by atoms with E-state index < -0.39 is 0 Å². The molecule has 0 saturated heterocycles. The normalized spacial score (nSPS) is 48.8. The van der Waals surface area contributed by atoms with Crippen LogP contribution in [-0.2, 0) is 4.79 Å². The average molecular weight is 234 g/mol. The molecule has 0 spiro atoms. The number of Topliss-reactive ketones (excluding diaryl/α,β-unsaturated/α-hetero) is 1. The highest BCUT2D eigenvalue weighted by Gasteiger charge is 2.59. The van der Waals surface area contributed by atoms with Crippen molar-refractivity contribution in [2.75, 3.05) is 6.61 Å². The van der Waals surface area contributed by atoms with Crippen LogP contribution >= 0.6 is 0 Å². The number of hydrogen-bond donors (Lipinski definition) is 1. The van der Waals surface area contributed by atoms with Crippen LogP contribution in [0.2, 0.25) is 0 Å². The van der Waals surface area contributed by atoms with E-state index in [2.05, 4.69) is 20.8 Å². The van der Waals surface area contributed by atoms with Gasteiger partial charge in [-0.05, 0) is 43.4 Å². The first kappa shape index (κ1) is 11.5. The molecule has 0 aromatic carbocycles. The Balaban J connectivity index is 1.97. The lowest BCUT2D eigenvalue weighted by molar-refractivity contribution is -0.127. The molecular weight excluding hydrogens is 212 g/mol. The Labute approximate surface area is 103 Å². The van der Waals surface area contributed by atoms with Crippen molar-refractivity contribution < 1.29 is 9.90 Å². The third-order valence-corrected chi connectivity index (χ3v) is 5.61. The predicted molar refractivity (Wildman–Crippen MR) is 66.5 cm³/mol. The van der Waals surface area contributed by atoms with Gasteiger partial charge in [-0.2, -0.15) is 0 Å². The summed E-state index contributed by atoms with van der Waals surface area (Å²) in [6.07, 6.45) is 4.04. The van der Waals surface area contributed by atoms with Crippen LogP contribution in [-0.4, -0.2) is 17.5 Å². The molecule has 0 aromatic heterocycles. The highest BCUT2D eigenvalue weighted by Crippen LogP contribution is 2.64. The SMILES string of the molecule is CC1=C2C(=O)CC2(C)C2CC(C)(CO)CC2C1. The second-order valence-electron chi connectivity index (χ2n) is 7.12. The van der Waals surface area contributed by atoms with E-state index in [1.54, 1.807) is 0 Å². The number of carbonyl (C=O) groups excluding carboxylic acids is 1. The molecule has 3 aliphatic rings.